The van der Waals surface area contributed by atoms with Gasteiger partial charge in [-0.2, -0.15) is 13.2 Å². The Morgan fingerprint density at radius 1 is 1.45 bits per heavy atom. The molecule has 1 aliphatic heterocycles. The molecule has 1 aromatic rings. The summed E-state index contributed by atoms with van der Waals surface area (Å²) in [6, 6.07) is 3.43. The molecular formula is C13H13BrF3NO2. The Bertz CT molecular complexity index is 525. The second-order valence-corrected chi connectivity index (χ2v) is 5.86. The number of halogens is 4. The summed E-state index contributed by atoms with van der Waals surface area (Å²) in [5.41, 5.74) is -1.41. The molecule has 1 N–H and O–H groups in total. The van der Waals surface area contributed by atoms with Crippen molar-refractivity contribution in [2.45, 2.75) is 25.1 Å². The molecule has 1 atom stereocenters. The van der Waals surface area contributed by atoms with Gasteiger partial charge in [0.15, 0.2) is 0 Å². The number of ether oxygens (including phenoxy) is 1. The van der Waals surface area contributed by atoms with Crippen LogP contribution in [0, 0.1) is 0 Å². The lowest BCUT2D eigenvalue weighted by Crippen LogP contribution is -2.46. The first-order valence-electron chi connectivity index (χ1n) is 5.98. The number of rotatable bonds is 2. The molecule has 1 fully saturated rings. The van der Waals surface area contributed by atoms with Gasteiger partial charge in [-0.1, -0.05) is 15.9 Å². The van der Waals surface area contributed by atoms with E-state index < -0.39 is 23.2 Å². The molecule has 20 heavy (non-hydrogen) atoms. The summed E-state index contributed by atoms with van der Waals surface area (Å²) in [6.45, 7) is 2.70. The topological polar surface area (TPSA) is 38.3 Å². The smallest absolute Gasteiger partial charge is 0.379 e. The number of carbonyl (C=O) groups excluding carboxylic acids is 1. The summed E-state index contributed by atoms with van der Waals surface area (Å²) in [5.74, 6) is -0.531. The molecule has 0 aliphatic carbocycles. The van der Waals surface area contributed by atoms with Gasteiger partial charge in [0.05, 0.1) is 17.7 Å². The molecule has 1 heterocycles. The van der Waals surface area contributed by atoms with Gasteiger partial charge in [-0.05, 0) is 31.5 Å². The van der Waals surface area contributed by atoms with Crippen LogP contribution in [0.4, 0.5) is 13.2 Å². The summed E-state index contributed by atoms with van der Waals surface area (Å²) >= 11 is 2.84. The number of nitrogens with one attached hydrogen (secondary N) is 1. The third-order valence-electron chi connectivity index (χ3n) is 3.17. The summed E-state index contributed by atoms with van der Waals surface area (Å²) in [6.07, 6.45) is -3.86. The lowest BCUT2D eigenvalue weighted by molar-refractivity contribution is -0.138. The highest BCUT2D eigenvalue weighted by Gasteiger charge is 2.35. The number of carbonyl (C=O) groups is 1. The largest absolute Gasteiger partial charge is 0.417 e. The van der Waals surface area contributed by atoms with Crippen molar-refractivity contribution in [1.29, 1.82) is 0 Å². The minimum atomic E-state index is -4.50. The second kappa shape index (κ2) is 5.37. The molecule has 1 aromatic carbocycles. The first-order chi connectivity index (χ1) is 9.21. The Hall–Kier alpha value is -1.08. The standard InChI is InChI=1S/C13H13BrF3NO2/c1-12(4-5-20-7-12)18-11(19)8-2-3-10(14)9(6-8)13(15,16)17/h2-3,6H,4-5,7H2,1H3,(H,18,19). The van der Waals surface area contributed by atoms with Crippen molar-refractivity contribution >= 4 is 21.8 Å². The van der Waals surface area contributed by atoms with Gasteiger partial charge in [-0.25, -0.2) is 0 Å². The van der Waals surface area contributed by atoms with E-state index in [-0.39, 0.29) is 10.0 Å². The number of benzene rings is 1. The van der Waals surface area contributed by atoms with Crippen LogP contribution in [0.2, 0.25) is 0 Å². The van der Waals surface area contributed by atoms with E-state index in [4.69, 9.17) is 4.74 Å². The van der Waals surface area contributed by atoms with Crippen molar-refractivity contribution in [3.63, 3.8) is 0 Å². The molecule has 1 unspecified atom stereocenters. The summed E-state index contributed by atoms with van der Waals surface area (Å²) in [5, 5.41) is 2.72. The van der Waals surface area contributed by atoms with Gasteiger partial charge < -0.3 is 10.1 Å². The van der Waals surface area contributed by atoms with E-state index in [0.717, 1.165) is 6.07 Å². The summed E-state index contributed by atoms with van der Waals surface area (Å²) in [7, 11) is 0. The number of hydrogen-bond acceptors (Lipinski definition) is 2. The van der Waals surface area contributed by atoms with E-state index in [1.54, 1.807) is 6.92 Å². The number of hydrogen-bond donors (Lipinski definition) is 1. The van der Waals surface area contributed by atoms with Gasteiger partial charge in [0, 0.05) is 16.6 Å². The van der Waals surface area contributed by atoms with Crippen LogP contribution >= 0.6 is 15.9 Å². The molecule has 0 radical (unpaired) electrons. The van der Waals surface area contributed by atoms with E-state index >= 15 is 0 Å². The Balaban J connectivity index is 2.22. The lowest BCUT2D eigenvalue weighted by Gasteiger charge is -2.23. The summed E-state index contributed by atoms with van der Waals surface area (Å²) in [4.78, 5) is 12.0. The molecular weight excluding hydrogens is 339 g/mol. The fourth-order valence-corrected chi connectivity index (χ4v) is 2.47. The third kappa shape index (κ3) is 3.32. The SMILES string of the molecule is CC1(NC(=O)c2ccc(Br)c(C(F)(F)F)c2)CCOC1. The van der Waals surface area contributed by atoms with Crippen molar-refractivity contribution in [2.75, 3.05) is 13.2 Å². The minimum absolute atomic E-state index is 0.0198. The third-order valence-corrected chi connectivity index (χ3v) is 3.86. The van der Waals surface area contributed by atoms with Crippen molar-refractivity contribution in [3.8, 4) is 0 Å². The van der Waals surface area contributed by atoms with Crippen molar-refractivity contribution in [3.05, 3.63) is 33.8 Å². The highest BCUT2D eigenvalue weighted by Crippen LogP contribution is 2.35. The molecule has 3 nitrogen and oxygen atoms in total. The van der Waals surface area contributed by atoms with Crippen LogP contribution in [-0.2, 0) is 10.9 Å². The highest BCUT2D eigenvalue weighted by atomic mass is 79.9. The predicted octanol–water partition coefficient (Wildman–Crippen LogP) is 3.38. The van der Waals surface area contributed by atoms with Gasteiger partial charge in [0.2, 0.25) is 0 Å². The molecule has 1 saturated heterocycles. The zero-order chi connectivity index (χ0) is 15.0. The molecule has 0 saturated carbocycles. The van der Waals surface area contributed by atoms with Crippen LogP contribution in [0.15, 0.2) is 22.7 Å². The maximum Gasteiger partial charge on any atom is 0.417 e. The van der Waals surface area contributed by atoms with Gasteiger partial charge >= 0.3 is 6.18 Å². The molecule has 0 bridgehead atoms. The molecule has 0 aromatic heterocycles. The number of amides is 1. The van der Waals surface area contributed by atoms with Crippen LogP contribution in [0.25, 0.3) is 0 Å². The van der Waals surface area contributed by atoms with E-state index in [9.17, 15) is 18.0 Å². The molecule has 0 spiro atoms. The van der Waals surface area contributed by atoms with E-state index in [0.29, 0.717) is 19.6 Å². The van der Waals surface area contributed by atoms with Gasteiger partial charge in [-0.15, -0.1) is 0 Å². The van der Waals surface area contributed by atoms with E-state index in [1.165, 1.54) is 12.1 Å². The minimum Gasteiger partial charge on any atom is -0.379 e. The zero-order valence-corrected chi connectivity index (χ0v) is 12.3. The average Bonchev–Trinajstić information content (AvgIpc) is 2.74. The molecule has 110 valence electrons. The fourth-order valence-electron chi connectivity index (χ4n) is 2.00. The Morgan fingerprint density at radius 3 is 2.70 bits per heavy atom. The van der Waals surface area contributed by atoms with Gasteiger partial charge in [0.1, 0.15) is 0 Å². The summed E-state index contributed by atoms with van der Waals surface area (Å²) < 4.78 is 43.5. The molecule has 2 rings (SSSR count). The molecule has 1 amide bonds. The van der Waals surface area contributed by atoms with Crippen LogP contribution in [0.5, 0.6) is 0 Å². The Kier molecular flexibility index (Phi) is 4.11. The predicted molar refractivity (Wildman–Crippen MR) is 70.5 cm³/mol. The monoisotopic (exact) mass is 351 g/mol. The van der Waals surface area contributed by atoms with Crippen LogP contribution < -0.4 is 5.32 Å². The van der Waals surface area contributed by atoms with E-state index in [1.807, 2.05) is 0 Å². The highest BCUT2D eigenvalue weighted by molar-refractivity contribution is 9.10. The molecule has 1 aliphatic rings. The fraction of sp³-hybridized carbons (Fsp3) is 0.462. The Morgan fingerprint density at radius 2 is 2.15 bits per heavy atom. The van der Waals surface area contributed by atoms with Gasteiger partial charge in [-0.3, -0.25) is 4.79 Å². The van der Waals surface area contributed by atoms with Crippen LogP contribution in [-0.4, -0.2) is 24.7 Å². The zero-order valence-electron chi connectivity index (χ0n) is 10.7. The first-order valence-corrected chi connectivity index (χ1v) is 6.78. The lowest BCUT2D eigenvalue weighted by atomic mass is 10.0. The number of alkyl halides is 3. The first kappa shape index (κ1) is 15.3. The van der Waals surface area contributed by atoms with Gasteiger partial charge in [0.25, 0.3) is 5.91 Å². The van der Waals surface area contributed by atoms with Crippen molar-refractivity contribution < 1.29 is 22.7 Å². The average molecular weight is 352 g/mol. The van der Waals surface area contributed by atoms with Crippen LogP contribution in [0.1, 0.15) is 29.3 Å². The second-order valence-electron chi connectivity index (χ2n) is 5.01. The quantitative estimate of drug-likeness (QED) is 0.886. The van der Waals surface area contributed by atoms with Crippen molar-refractivity contribution in [2.24, 2.45) is 0 Å². The maximum atomic E-state index is 12.8. The van der Waals surface area contributed by atoms with Crippen molar-refractivity contribution in [1.82, 2.24) is 5.32 Å². The van der Waals surface area contributed by atoms with Crippen LogP contribution in [0.3, 0.4) is 0 Å². The maximum absolute atomic E-state index is 12.8. The molecule has 7 heteroatoms. The normalized spacial score (nSPS) is 22.9. The van der Waals surface area contributed by atoms with E-state index in [2.05, 4.69) is 21.2 Å². The Labute approximate surface area is 122 Å².